The molecule has 0 spiro atoms. The first-order valence-electron chi connectivity index (χ1n) is 7.39. The number of benzene rings is 1. The standard InChI is InChI=1S/C15H16N4O4/c20-8-19-7-12(14-16-15(22)23-17-14)11-5-9(1-2-13(11)19)18-4-3-10(21)6-18/h1-2,5,7,10,20-21H,3-4,6,8H2,(H,16,17,22)/t10-/m0/s1. The maximum Gasteiger partial charge on any atom is 0.439 e. The second kappa shape index (κ2) is 5.25. The number of nitrogens with zero attached hydrogens (tertiary/aromatic N) is 3. The molecular formula is C15H16N4O4. The number of aromatic nitrogens is 3. The number of H-pyrrole nitrogens is 1. The molecule has 3 N–H and O–H groups in total. The Kier molecular flexibility index (Phi) is 3.21. The molecule has 1 fully saturated rings. The molecule has 0 aliphatic carbocycles. The Morgan fingerprint density at radius 1 is 1.43 bits per heavy atom. The highest BCUT2D eigenvalue weighted by Gasteiger charge is 2.22. The fraction of sp³-hybridized carbons (Fsp3) is 0.333. The molecule has 3 aromatic rings. The smallest absolute Gasteiger partial charge is 0.391 e. The van der Waals surface area contributed by atoms with Crippen molar-refractivity contribution >= 4 is 16.6 Å². The van der Waals surface area contributed by atoms with Gasteiger partial charge in [0.05, 0.1) is 11.6 Å². The number of fused-ring (bicyclic) bond motifs is 1. The van der Waals surface area contributed by atoms with E-state index in [0.717, 1.165) is 29.6 Å². The maximum absolute atomic E-state index is 11.2. The van der Waals surface area contributed by atoms with E-state index in [1.165, 1.54) is 0 Å². The molecule has 0 radical (unpaired) electrons. The Morgan fingerprint density at radius 2 is 2.30 bits per heavy atom. The van der Waals surface area contributed by atoms with Crippen LogP contribution >= 0.6 is 0 Å². The van der Waals surface area contributed by atoms with Crippen LogP contribution in [-0.2, 0) is 6.73 Å². The normalized spacial score (nSPS) is 18.2. The highest BCUT2D eigenvalue weighted by atomic mass is 16.5. The number of aromatic amines is 1. The second-order valence-corrected chi connectivity index (χ2v) is 5.69. The summed E-state index contributed by atoms with van der Waals surface area (Å²) in [7, 11) is 0. The third kappa shape index (κ3) is 2.32. The molecule has 0 amide bonds. The van der Waals surface area contributed by atoms with Crippen molar-refractivity contribution in [2.45, 2.75) is 19.3 Å². The zero-order chi connectivity index (χ0) is 16.0. The molecule has 23 heavy (non-hydrogen) atoms. The van der Waals surface area contributed by atoms with E-state index >= 15 is 0 Å². The van der Waals surface area contributed by atoms with Crippen LogP contribution in [0.25, 0.3) is 22.3 Å². The number of hydrogen-bond acceptors (Lipinski definition) is 6. The minimum Gasteiger partial charge on any atom is -0.391 e. The van der Waals surface area contributed by atoms with E-state index < -0.39 is 5.76 Å². The first-order valence-corrected chi connectivity index (χ1v) is 7.39. The lowest BCUT2D eigenvalue weighted by Crippen LogP contribution is -2.20. The summed E-state index contributed by atoms with van der Waals surface area (Å²) in [5.74, 6) is -0.297. The molecule has 1 saturated heterocycles. The van der Waals surface area contributed by atoms with Gasteiger partial charge in [-0.05, 0) is 24.6 Å². The van der Waals surface area contributed by atoms with Gasteiger partial charge in [-0.2, -0.15) is 0 Å². The molecule has 3 heterocycles. The van der Waals surface area contributed by atoms with Gasteiger partial charge in [-0.3, -0.25) is 9.51 Å². The van der Waals surface area contributed by atoms with Gasteiger partial charge in [0.15, 0.2) is 5.82 Å². The van der Waals surface area contributed by atoms with E-state index in [-0.39, 0.29) is 12.8 Å². The van der Waals surface area contributed by atoms with E-state index in [1.807, 2.05) is 18.2 Å². The molecule has 1 aliphatic rings. The van der Waals surface area contributed by atoms with Gasteiger partial charge in [0, 0.05) is 35.9 Å². The van der Waals surface area contributed by atoms with Crippen LogP contribution in [0.5, 0.6) is 0 Å². The molecule has 120 valence electrons. The van der Waals surface area contributed by atoms with Gasteiger partial charge < -0.3 is 19.7 Å². The highest BCUT2D eigenvalue weighted by Crippen LogP contribution is 2.32. The van der Waals surface area contributed by atoms with Gasteiger partial charge in [-0.25, -0.2) is 4.79 Å². The van der Waals surface area contributed by atoms with Crippen LogP contribution < -0.4 is 10.7 Å². The number of aliphatic hydroxyl groups excluding tert-OH is 2. The third-order valence-corrected chi connectivity index (χ3v) is 4.24. The van der Waals surface area contributed by atoms with Crippen LogP contribution in [0.4, 0.5) is 5.69 Å². The molecule has 0 bridgehead atoms. The van der Waals surface area contributed by atoms with Gasteiger partial charge in [-0.15, -0.1) is 0 Å². The molecule has 1 atom stereocenters. The second-order valence-electron chi connectivity index (χ2n) is 5.69. The molecule has 0 unspecified atom stereocenters. The summed E-state index contributed by atoms with van der Waals surface area (Å²) in [5, 5.41) is 23.8. The van der Waals surface area contributed by atoms with E-state index in [9.17, 15) is 15.0 Å². The van der Waals surface area contributed by atoms with E-state index in [1.54, 1.807) is 10.8 Å². The summed E-state index contributed by atoms with van der Waals surface area (Å²) in [5.41, 5.74) is 2.49. The van der Waals surface area contributed by atoms with Crippen molar-refractivity contribution in [3.05, 3.63) is 34.9 Å². The average Bonchev–Trinajstić information content (AvgIpc) is 3.24. The third-order valence-electron chi connectivity index (χ3n) is 4.24. The molecule has 8 nitrogen and oxygen atoms in total. The van der Waals surface area contributed by atoms with Crippen molar-refractivity contribution in [3.8, 4) is 11.4 Å². The summed E-state index contributed by atoms with van der Waals surface area (Å²) in [6, 6.07) is 5.84. The lowest BCUT2D eigenvalue weighted by molar-refractivity contribution is 0.198. The minimum atomic E-state index is -0.622. The topological polar surface area (TPSA) is 108 Å². The van der Waals surface area contributed by atoms with Gasteiger partial charge in [0.2, 0.25) is 0 Å². The zero-order valence-corrected chi connectivity index (χ0v) is 12.3. The van der Waals surface area contributed by atoms with Crippen molar-refractivity contribution in [2.75, 3.05) is 18.0 Å². The van der Waals surface area contributed by atoms with E-state index in [0.29, 0.717) is 17.9 Å². The van der Waals surface area contributed by atoms with Gasteiger partial charge in [0.1, 0.15) is 6.73 Å². The number of aliphatic hydroxyl groups is 2. The van der Waals surface area contributed by atoms with Crippen molar-refractivity contribution in [2.24, 2.45) is 0 Å². The highest BCUT2D eigenvalue weighted by molar-refractivity contribution is 5.96. The summed E-state index contributed by atoms with van der Waals surface area (Å²) in [6.45, 7) is 1.21. The Morgan fingerprint density at radius 3 is 2.96 bits per heavy atom. The van der Waals surface area contributed by atoms with Crippen LogP contribution in [-0.4, -0.2) is 44.1 Å². The fourth-order valence-electron chi connectivity index (χ4n) is 3.11. The van der Waals surface area contributed by atoms with Crippen LogP contribution in [0.2, 0.25) is 0 Å². The molecule has 2 aromatic heterocycles. The fourth-order valence-corrected chi connectivity index (χ4v) is 3.11. The Bertz CT molecular complexity index is 910. The molecule has 1 aromatic carbocycles. The van der Waals surface area contributed by atoms with Crippen molar-refractivity contribution in [1.29, 1.82) is 0 Å². The minimum absolute atomic E-state index is 0.180. The van der Waals surface area contributed by atoms with E-state index in [2.05, 4.69) is 19.6 Å². The number of β-amino-alcohol motifs (C(OH)–C–C–N with tert-alkyl or cyclic N) is 1. The van der Waals surface area contributed by atoms with Crippen LogP contribution in [0, 0.1) is 0 Å². The van der Waals surface area contributed by atoms with E-state index in [4.69, 9.17) is 0 Å². The summed E-state index contributed by atoms with van der Waals surface area (Å²) in [4.78, 5) is 15.9. The Labute approximate surface area is 130 Å². The maximum atomic E-state index is 11.2. The summed E-state index contributed by atoms with van der Waals surface area (Å²) < 4.78 is 6.25. The van der Waals surface area contributed by atoms with Gasteiger partial charge in [-0.1, -0.05) is 5.16 Å². The Balaban J connectivity index is 1.86. The molecule has 0 saturated carbocycles. The quantitative estimate of drug-likeness (QED) is 0.650. The van der Waals surface area contributed by atoms with Crippen LogP contribution in [0.15, 0.2) is 33.7 Å². The first kappa shape index (κ1) is 14.0. The van der Waals surface area contributed by atoms with Crippen LogP contribution in [0.1, 0.15) is 6.42 Å². The molecular weight excluding hydrogens is 300 g/mol. The number of nitrogens with one attached hydrogen (secondary N) is 1. The number of hydrogen-bond donors (Lipinski definition) is 3. The first-order chi connectivity index (χ1) is 11.2. The molecule has 4 rings (SSSR count). The predicted molar refractivity (Wildman–Crippen MR) is 83.1 cm³/mol. The number of anilines is 1. The SMILES string of the molecule is O=c1[nH]c(-c2cn(CO)c3ccc(N4CC[C@H](O)C4)cc23)no1. The Hall–Kier alpha value is -2.58. The average molecular weight is 316 g/mol. The monoisotopic (exact) mass is 316 g/mol. The van der Waals surface area contributed by atoms with Crippen molar-refractivity contribution in [3.63, 3.8) is 0 Å². The van der Waals surface area contributed by atoms with Crippen molar-refractivity contribution < 1.29 is 14.7 Å². The molecule has 8 heteroatoms. The predicted octanol–water partition coefficient (Wildman–Crippen LogP) is 0.505. The van der Waals surface area contributed by atoms with Gasteiger partial charge >= 0.3 is 5.76 Å². The van der Waals surface area contributed by atoms with Crippen molar-refractivity contribution in [1.82, 2.24) is 14.7 Å². The lowest BCUT2D eigenvalue weighted by Gasteiger charge is -2.18. The largest absolute Gasteiger partial charge is 0.439 e. The summed E-state index contributed by atoms with van der Waals surface area (Å²) >= 11 is 0. The lowest BCUT2D eigenvalue weighted by atomic mass is 10.1. The summed E-state index contributed by atoms with van der Waals surface area (Å²) in [6.07, 6.45) is 2.17. The van der Waals surface area contributed by atoms with Gasteiger partial charge in [0.25, 0.3) is 0 Å². The molecule has 1 aliphatic heterocycles. The zero-order valence-electron chi connectivity index (χ0n) is 12.3. The van der Waals surface area contributed by atoms with Crippen LogP contribution in [0.3, 0.4) is 0 Å². The number of rotatable bonds is 3.